The van der Waals surface area contributed by atoms with Gasteiger partial charge >= 0.3 is 0 Å². The number of aromatic nitrogens is 2. The normalized spacial score (nSPS) is 14.9. The van der Waals surface area contributed by atoms with E-state index in [1.807, 2.05) is 30.3 Å². The van der Waals surface area contributed by atoms with E-state index in [2.05, 4.69) is 0 Å². The van der Waals surface area contributed by atoms with Crippen LogP contribution in [-0.4, -0.2) is 16.7 Å². The van der Waals surface area contributed by atoms with E-state index in [-0.39, 0.29) is 28.0 Å². The summed E-state index contributed by atoms with van der Waals surface area (Å²) in [5.41, 5.74) is 0.884. The lowest BCUT2D eigenvalue weighted by Gasteiger charge is -2.24. The molecule has 2 heterocycles. The fourth-order valence-corrected chi connectivity index (χ4v) is 4.54. The quantitative estimate of drug-likeness (QED) is 0.454. The Hall–Kier alpha value is -3.41. The van der Waals surface area contributed by atoms with E-state index in [1.54, 1.807) is 29.9 Å². The van der Waals surface area contributed by atoms with Crippen LogP contribution in [0.3, 0.4) is 0 Å². The molecule has 0 atom stereocenters. The summed E-state index contributed by atoms with van der Waals surface area (Å²) in [6, 6.07) is 14.6. The molecular formula is C25H24N2O4. The molecule has 1 aliphatic carbocycles. The first kappa shape index (κ1) is 19.5. The van der Waals surface area contributed by atoms with Gasteiger partial charge in [0.2, 0.25) is 11.1 Å². The molecule has 31 heavy (non-hydrogen) atoms. The van der Waals surface area contributed by atoms with Crippen LogP contribution in [-0.2, 0) is 6.54 Å². The van der Waals surface area contributed by atoms with Crippen molar-refractivity contribution < 1.29 is 9.15 Å². The fourth-order valence-electron chi connectivity index (χ4n) is 4.54. The minimum atomic E-state index is -0.333. The zero-order valence-electron chi connectivity index (χ0n) is 17.5. The molecule has 2 aromatic carbocycles. The van der Waals surface area contributed by atoms with Crippen molar-refractivity contribution in [1.29, 1.82) is 0 Å². The average Bonchev–Trinajstić information content (AvgIpc) is 2.81. The number of para-hydroxylation sites is 1. The SMILES string of the molecule is COc1ccc(Cn2c(C3CCCCC3)nc3oc4ccccc4c(=O)c3c2=O)cc1. The van der Waals surface area contributed by atoms with Gasteiger partial charge < -0.3 is 9.15 Å². The van der Waals surface area contributed by atoms with Crippen molar-refractivity contribution in [2.45, 2.75) is 44.6 Å². The van der Waals surface area contributed by atoms with Crippen molar-refractivity contribution in [2.75, 3.05) is 7.11 Å². The van der Waals surface area contributed by atoms with Crippen LogP contribution in [0.2, 0.25) is 0 Å². The van der Waals surface area contributed by atoms with Crippen molar-refractivity contribution in [1.82, 2.24) is 9.55 Å². The van der Waals surface area contributed by atoms with Crippen LogP contribution in [0.25, 0.3) is 22.1 Å². The number of fused-ring (bicyclic) bond motifs is 2. The van der Waals surface area contributed by atoms with Gasteiger partial charge in [0.25, 0.3) is 5.56 Å². The van der Waals surface area contributed by atoms with Gasteiger partial charge in [-0.05, 0) is 42.7 Å². The topological polar surface area (TPSA) is 74.3 Å². The summed E-state index contributed by atoms with van der Waals surface area (Å²) < 4.78 is 12.8. The van der Waals surface area contributed by atoms with Crippen LogP contribution in [0.1, 0.15) is 49.4 Å². The molecule has 0 unspecified atom stereocenters. The maximum absolute atomic E-state index is 13.6. The molecule has 1 saturated carbocycles. The molecule has 6 heteroatoms. The first-order chi connectivity index (χ1) is 15.2. The van der Waals surface area contributed by atoms with E-state index in [0.717, 1.165) is 37.0 Å². The first-order valence-electron chi connectivity index (χ1n) is 10.7. The molecule has 5 rings (SSSR count). The molecule has 6 nitrogen and oxygen atoms in total. The summed E-state index contributed by atoms with van der Waals surface area (Å²) in [7, 11) is 1.62. The van der Waals surface area contributed by atoms with Gasteiger partial charge in [-0.15, -0.1) is 0 Å². The number of benzene rings is 2. The molecule has 0 amide bonds. The lowest BCUT2D eigenvalue weighted by molar-refractivity contribution is 0.410. The molecular weight excluding hydrogens is 392 g/mol. The van der Waals surface area contributed by atoms with E-state index in [9.17, 15) is 9.59 Å². The minimum absolute atomic E-state index is 0.0202. The van der Waals surface area contributed by atoms with Gasteiger partial charge in [0.1, 0.15) is 17.2 Å². The standard InChI is InChI=1S/C25H24N2O4/c1-30-18-13-11-16(12-14-18)15-27-23(17-7-3-2-4-8-17)26-24-21(25(27)29)22(28)19-9-5-6-10-20(19)31-24/h5-6,9-14,17H,2-4,7-8,15H2,1H3. The summed E-state index contributed by atoms with van der Waals surface area (Å²) in [6.45, 7) is 0.351. The average molecular weight is 416 g/mol. The number of ether oxygens (including phenoxy) is 1. The van der Waals surface area contributed by atoms with Gasteiger partial charge in [0, 0.05) is 5.92 Å². The number of hydrogen-bond acceptors (Lipinski definition) is 5. The molecule has 2 aromatic heterocycles. The van der Waals surface area contributed by atoms with E-state index >= 15 is 0 Å². The molecule has 1 fully saturated rings. The van der Waals surface area contributed by atoms with Crippen molar-refractivity contribution in [3.05, 3.63) is 80.5 Å². The fraction of sp³-hybridized carbons (Fsp3) is 0.320. The van der Waals surface area contributed by atoms with Crippen molar-refractivity contribution in [3.8, 4) is 5.75 Å². The number of rotatable bonds is 4. The molecule has 0 spiro atoms. The van der Waals surface area contributed by atoms with E-state index in [0.29, 0.717) is 23.3 Å². The molecule has 0 bridgehead atoms. The highest BCUT2D eigenvalue weighted by molar-refractivity contribution is 5.87. The second kappa shape index (κ2) is 8.02. The third-order valence-electron chi connectivity index (χ3n) is 6.20. The van der Waals surface area contributed by atoms with Gasteiger partial charge in [0.15, 0.2) is 5.39 Å². The predicted molar refractivity (Wildman–Crippen MR) is 120 cm³/mol. The van der Waals surface area contributed by atoms with Crippen LogP contribution >= 0.6 is 0 Å². The Morgan fingerprint density at radius 1 is 1.03 bits per heavy atom. The van der Waals surface area contributed by atoms with E-state index in [4.69, 9.17) is 14.1 Å². The van der Waals surface area contributed by atoms with Crippen molar-refractivity contribution >= 4 is 22.1 Å². The molecule has 0 radical (unpaired) electrons. The first-order valence-corrected chi connectivity index (χ1v) is 10.7. The molecule has 0 aliphatic heterocycles. The summed E-state index contributed by atoms with van der Waals surface area (Å²) >= 11 is 0. The highest BCUT2D eigenvalue weighted by Gasteiger charge is 2.25. The predicted octanol–water partition coefficient (Wildman–Crippen LogP) is 4.61. The summed E-state index contributed by atoms with van der Waals surface area (Å²) in [5, 5.41) is 0.419. The van der Waals surface area contributed by atoms with Crippen LogP contribution < -0.4 is 15.7 Å². The second-order valence-corrected chi connectivity index (χ2v) is 8.15. The summed E-state index contributed by atoms with van der Waals surface area (Å²) in [5.74, 6) is 1.65. The Labute approximate surface area is 179 Å². The monoisotopic (exact) mass is 416 g/mol. The lowest BCUT2D eigenvalue weighted by Crippen LogP contribution is -2.31. The number of methoxy groups -OCH3 is 1. The third kappa shape index (κ3) is 3.52. The second-order valence-electron chi connectivity index (χ2n) is 8.15. The Morgan fingerprint density at radius 3 is 2.52 bits per heavy atom. The minimum Gasteiger partial charge on any atom is -0.497 e. The Balaban J connectivity index is 1.74. The van der Waals surface area contributed by atoms with E-state index in [1.165, 1.54) is 6.42 Å². The maximum atomic E-state index is 13.6. The summed E-state index contributed by atoms with van der Waals surface area (Å²) in [4.78, 5) is 31.5. The van der Waals surface area contributed by atoms with E-state index < -0.39 is 0 Å². The summed E-state index contributed by atoms with van der Waals surface area (Å²) in [6.07, 6.45) is 5.40. The number of nitrogens with zero attached hydrogens (tertiary/aromatic N) is 2. The smallest absolute Gasteiger partial charge is 0.269 e. The van der Waals surface area contributed by atoms with Crippen LogP contribution in [0.5, 0.6) is 5.75 Å². The van der Waals surface area contributed by atoms with Gasteiger partial charge in [-0.25, -0.2) is 0 Å². The maximum Gasteiger partial charge on any atom is 0.269 e. The Morgan fingerprint density at radius 2 is 1.77 bits per heavy atom. The molecule has 1 aliphatic rings. The van der Waals surface area contributed by atoms with Crippen molar-refractivity contribution in [2.24, 2.45) is 0 Å². The zero-order chi connectivity index (χ0) is 21.4. The molecule has 4 aromatic rings. The van der Waals surface area contributed by atoms with Crippen LogP contribution in [0, 0.1) is 0 Å². The highest BCUT2D eigenvalue weighted by atomic mass is 16.5. The van der Waals surface area contributed by atoms with Gasteiger partial charge in [0.05, 0.1) is 19.0 Å². The molecule has 0 saturated heterocycles. The van der Waals surface area contributed by atoms with Gasteiger partial charge in [-0.2, -0.15) is 4.98 Å². The van der Waals surface area contributed by atoms with Crippen molar-refractivity contribution in [3.63, 3.8) is 0 Å². The molecule has 0 N–H and O–H groups in total. The van der Waals surface area contributed by atoms with Crippen LogP contribution in [0.4, 0.5) is 0 Å². The Kier molecular flexibility index (Phi) is 5.06. The number of hydrogen-bond donors (Lipinski definition) is 0. The third-order valence-corrected chi connectivity index (χ3v) is 6.20. The van der Waals surface area contributed by atoms with Crippen LogP contribution in [0.15, 0.2) is 62.5 Å². The van der Waals surface area contributed by atoms with Gasteiger partial charge in [-0.1, -0.05) is 43.5 Å². The lowest BCUT2D eigenvalue weighted by atomic mass is 9.88. The highest BCUT2D eigenvalue weighted by Crippen LogP contribution is 2.32. The largest absolute Gasteiger partial charge is 0.497 e. The Bertz CT molecular complexity index is 1360. The molecule has 158 valence electrons. The zero-order valence-corrected chi connectivity index (χ0v) is 17.5. The van der Waals surface area contributed by atoms with Gasteiger partial charge in [-0.3, -0.25) is 14.2 Å².